The zero-order chi connectivity index (χ0) is 17.0. The molecule has 3 heteroatoms. The molecule has 1 amide bonds. The Bertz CT molecular complexity index is 981. The van der Waals surface area contributed by atoms with Crippen molar-refractivity contribution in [1.82, 2.24) is 9.88 Å². The Balaban J connectivity index is 1.52. The van der Waals surface area contributed by atoms with Gasteiger partial charge in [-0.25, -0.2) is 0 Å². The quantitative estimate of drug-likeness (QED) is 0.755. The van der Waals surface area contributed by atoms with E-state index in [1.54, 1.807) is 0 Å². The minimum atomic E-state index is -0.310. The number of fused-ring (bicyclic) bond motifs is 2. The lowest BCUT2D eigenvalue weighted by Gasteiger charge is -2.32. The van der Waals surface area contributed by atoms with Crippen molar-refractivity contribution < 1.29 is 4.79 Å². The van der Waals surface area contributed by atoms with E-state index in [4.69, 9.17) is 0 Å². The molecule has 1 N–H and O–H groups in total. The first-order valence-corrected chi connectivity index (χ1v) is 9.13. The fourth-order valence-corrected chi connectivity index (χ4v) is 4.56. The predicted octanol–water partition coefficient (Wildman–Crippen LogP) is 4.09. The lowest BCUT2D eigenvalue weighted by atomic mass is 9.90. The summed E-state index contributed by atoms with van der Waals surface area (Å²) in [5.41, 5.74) is 5.89. The first-order chi connectivity index (χ1) is 12.2. The van der Waals surface area contributed by atoms with E-state index < -0.39 is 0 Å². The molecular weight excluding hydrogens is 308 g/mol. The van der Waals surface area contributed by atoms with Gasteiger partial charge < -0.3 is 9.88 Å². The van der Waals surface area contributed by atoms with Crippen molar-refractivity contribution in [2.75, 3.05) is 6.54 Å². The van der Waals surface area contributed by atoms with Crippen molar-refractivity contribution in [3.05, 3.63) is 70.9 Å². The summed E-state index contributed by atoms with van der Waals surface area (Å²) in [6.45, 7) is 3.69. The van der Waals surface area contributed by atoms with Gasteiger partial charge in [0.15, 0.2) is 0 Å². The largest absolute Gasteiger partial charge is 0.358 e. The summed E-state index contributed by atoms with van der Waals surface area (Å²) in [6, 6.07) is 16.9. The molecule has 1 aliphatic carbocycles. The van der Waals surface area contributed by atoms with Crippen LogP contribution in [0.3, 0.4) is 0 Å². The van der Waals surface area contributed by atoms with Crippen molar-refractivity contribution in [3.63, 3.8) is 0 Å². The molecule has 1 saturated carbocycles. The molecule has 2 heterocycles. The van der Waals surface area contributed by atoms with Crippen LogP contribution in [0.5, 0.6) is 0 Å². The molecule has 126 valence electrons. The number of nitrogens with zero attached hydrogens (tertiary/aromatic N) is 1. The Labute approximate surface area is 147 Å². The third-order valence-corrected chi connectivity index (χ3v) is 5.95. The second-order valence-corrected chi connectivity index (χ2v) is 7.50. The smallest absolute Gasteiger partial charge is 0.233 e. The van der Waals surface area contributed by atoms with Crippen molar-refractivity contribution in [2.45, 2.75) is 38.1 Å². The van der Waals surface area contributed by atoms with Crippen LogP contribution in [0.25, 0.3) is 10.9 Å². The molecule has 0 bridgehead atoms. The Hall–Kier alpha value is -2.55. The number of amides is 1. The van der Waals surface area contributed by atoms with E-state index in [9.17, 15) is 4.79 Å². The van der Waals surface area contributed by atoms with Gasteiger partial charge in [-0.05, 0) is 48.9 Å². The number of H-pyrrole nitrogens is 1. The summed E-state index contributed by atoms with van der Waals surface area (Å²) in [5.74, 6) is 0.315. The highest BCUT2D eigenvalue weighted by Crippen LogP contribution is 2.53. The van der Waals surface area contributed by atoms with Crippen LogP contribution in [-0.4, -0.2) is 22.3 Å². The standard InChI is InChI=1S/C22H22N2O/c1-15-20(18-8-4-5-9-19(18)23-15)22(11-12-22)21(25)24-13-10-16-6-2-3-7-17(16)14-24/h2-9,23H,10-14H2,1H3. The van der Waals surface area contributed by atoms with Crippen molar-refractivity contribution >= 4 is 16.8 Å². The van der Waals surface area contributed by atoms with Crippen molar-refractivity contribution in [2.24, 2.45) is 0 Å². The minimum Gasteiger partial charge on any atom is -0.358 e. The maximum absolute atomic E-state index is 13.5. The lowest BCUT2D eigenvalue weighted by Crippen LogP contribution is -2.42. The average Bonchev–Trinajstić information content (AvgIpc) is 3.37. The number of carbonyl (C=O) groups excluding carboxylic acids is 1. The number of aryl methyl sites for hydroxylation is 1. The first kappa shape index (κ1) is 14.8. The van der Waals surface area contributed by atoms with Gasteiger partial charge in [0.25, 0.3) is 0 Å². The molecule has 5 rings (SSSR count). The molecule has 3 aromatic rings. The molecule has 1 aliphatic heterocycles. The molecular formula is C22H22N2O. The fraction of sp³-hybridized carbons (Fsp3) is 0.318. The van der Waals surface area contributed by atoms with Gasteiger partial charge in [0.1, 0.15) is 0 Å². The highest BCUT2D eigenvalue weighted by atomic mass is 16.2. The zero-order valence-corrected chi connectivity index (χ0v) is 14.5. The monoisotopic (exact) mass is 330 g/mol. The van der Waals surface area contributed by atoms with E-state index in [1.807, 2.05) is 6.07 Å². The van der Waals surface area contributed by atoms with E-state index in [0.717, 1.165) is 43.6 Å². The molecule has 1 aromatic heterocycles. The number of carbonyl (C=O) groups is 1. The maximum atomic E-state index is 13.5. The second-order valence-electron chi connectivity index (χ2n) is 7.50. The van der Waals surface area contributed by atoms with Crippen molar-refractivity contribution in [1.29, 1.82) is 0 Å². The van der Waals surface area contributed by atoms with E-state index >= 15 is 0 Å². The third kappa shape index (κ3) is 2.15. The summed E-state index contributed by atoms with van der Waals surface area (Å²) < 4.78 is 0. The summed E-state index contributed by atoms with van der Waals surface area (Å²) >= 11 is 0. The number of rotatable bonds is 2. The van der Waals surface area contributed by atoms with Crippen molar-refractivity contribution in [3.8, 4) is 0 Å². The fourth-order valence-electron chi connectivity index (χ4n) is 4.56. The summed E-state index contributed by atoms with van der Waals surface area (Å²) in [7, 11) is 0. The molecule has 0 saturated heterocycles. The van der Waals surface area contributed by atoms with Gasteiger partial charge in [-0.3, -0.25) is 4.79 Å². The molecule has 0 spiro atoms. The van der Waals surface area contributed by atoms with Crippen LogP contribution in [0.4, 0.5) is 0 Å². The van der Waals surface area contributed by atoms with E-state index in [1.165, 1.54) is 22.1 Å². The van der Waals surface area contributed by atoms with Crippen LogP contribution in [-0.2, 0) is 23.2 Å². The highest BCUT2D eigenvalue weighted by Gasteiger charge is 2.55. The Morgan fingerprint density at radius 3 is 2.56 bits per heavy atom. The number of benzene rings is 2. The number of aromatic nitrogens is 1. The van der Waals surface area contributed by atoms with Crippen LogP contribution in [0.2, 0.25) is 0 Å². The molecule has 2 aliphatic rings. The van der Waals surface area contributed by atoms with Gasteiger partial charge in [0.05, 0.1) is 5.41 Å². The molecule has 0 radical (unpaired) electrons. The average molecular weight is 330 g/mol. The minimum absolute atomic E-state index is 0.310. The Kier molecular flexibility index (Phi) is 3.08. The van der Waals surface area contributed by atoms with E-state index in [-0.39, 0.29) is 5.41 Å². The van der Waals surface area contributed by atoms with Gasteiger partial charge in [-0.1, -0.05) is 42.5 Å². The van der Waals surface area contributed by atoms with E-state index in [0.29, 0.717) is 5.91 Å². The molecule has 1 fully saturated rings. The Morgan fingerprint density at radius 2 is 1.76 bits per heavy atom. The molecule has 0 atom stereocenters. The number of hydrogen-bond acceptors (Lipinski definition) is 1. The summed E-state index contributed by atoms with van der Waals surface area (Å²) in [5, 5.41) is 1.21. The molecule has 3 nitrogen and oxygen atoms in total. The first-order valence-electron chi connectivity index (χ1n) is 9.13. The van der Waals surface area contributed by atoms with Crippen LogP contribution in [0.1, 0.15) is 35.2 Å². The number of para-hydroxylation sites is 1. The third-order valence-electron chi connectivity index (χ3n) is 5.95. The lowest BCUT2D eigenvalue weighted by molar-refractivity contribution is -0.134. The van der Waals surface area contributed by atoms with Crippen LogP contribution in [0.15, 0.2) is 48.5 Å². The normalized spacial score (nSPS) is 18.2. The van der Waals surface area contributed by atoms with Gasteiger partial charge >= 0.3 is 0 Å². The topological polar surface area (TPSA) is 36.1 Å². The van der Waals surface area contributed by atoms with Crippen LogP contribution in [0, 0.1) is 6.92 Å². The zero-order valence-electron chi connectivity index (χ0n) is 14.5. The summed E-state index contributed by atoms with van der Waals surface area (Å²) in [6.07, 6.45) is 2.89. The van der Waals surface area contributed by atoms with Gasteiger partial charge in [-0.15, -0.1) is 0 Å². The maximum Gasteiger partial charge on any atom is 0.233 e. The van der Waals surface area contributed by atoms with Gasteiger partial charge in [0.2, 0.25) is 5.91 Å². The number of aromatic amines is 1. The SMILES string of the molecule is Cc1[nH]c2ccccc2c1C1(C(=O)N2CCc3ccccc3C2)CC1. The van der Waals surface area contributed by atoms with Gasteiger partial charge in [-0.2, -0.15) is 0 Å². The van der Waals surface area contributed by atoms with Crippen LogP contribution >= 0.6 is 0 Å². The Morgan fingerprint density at radius 1 is 1.04 bits per heavy atom. The molecule has 2 aromatic carbocycles. The van der Waals surface area contributed by atoms with Gasteiger partial charge in [0, 0.05) is 29.7 Å². The molecule has 25 heavy (non-hydrogen) atoms. The number of nitrogens with one attached hydrogen (secondary N) is 1. The van der Waals surface area contributed by atoms with Crippen LogP contribution < -0.4 is 0 Å². The predicted molar refractivity (Wildman–Crippen MR) is 99.5 cm³/mol. The van der Waals surface area contributed by atoms with E-state index in [2.05, 4.69) is 59.3 Å². The summed E-state index contributed by atoms with van der Waals surface area (Å²) in [4.78, 5) is 19.1. The molecule has 0 unspecified atom stereocenters. The second kappa shape index (κ2) is 5.22. The number of hydrogen-bond donors (Lipinski definition) is 1. The highest BCUT2D eigenvalue weighted by molar-refractivity contribution is 5.98.